The smallest absolute Gasteiger partial charge is 0.226 e. The summed E-state index contributed by atoms with van der Waals surface area (Å²) < 4.78 is 5.63. The Labute approximate surface area is 116 Å². The number of amides is 1. The van der Waals surface area contributed by atoms with Crippen molar-refractivity contribution in [3.05, 3.63) is 0 Å². The van der Waals surface area contributed by atoms with E-state index in [1.807, 2.05) is 0 Å². The van der Waals surface area contributed by atoms with Crippen molar-refractivity contribution in [2.75, 3.05) is 26.2 Å². The summed E-state index contributed by atoms with van der Waals surface area (Å²) in [6, 6.07) is 0. The molecule has 1 unspecified atom stereocenters. The lowest BCUT2D eigenvalue weighted by atomic mass is 9.77. The van der Waals surface area contributed by atoms with Crippen LogP contribution in [0.4, 0.5) is 0 Å². The molecular weight excluding hydrogens is 240 g/mol. The standard InChI is InChI=1S/C15H28N2O2/c1-12(2)9-15(5-3-4-6-15)14(18)17-11-13-10-16-7-8-19-13/h12-13,16H,3-11H2,1-2H3,(H,17,18). The third-order valence-electron chi connectivity index (χ3n) is 4.34. The van der Waals surface area contributed by atoms with Gasteiger partial charge in [-0.1, -0.05) is 26.7 Å². The van der Waals surface area contributed by atoms with Gasteiger partial charge in [0.25, 0.3) is 0 Å². The van der Waals surface area contributed by atoms with Gasteiger partial charge in [-0.05, 0) is 25.2 Å². The summed E-state index contributed by atoms with van der Waals surface area (Å²) in [7, 11) is 0. The zero-order valence-electron chi connectivity index (χ0n) is 12.3. The molecule has 2 aliphatic rings. The minimum atomic E-state index is -0.101. The normalized spacial score (nSPS) is 26.6. The first-order chi connectivity index (χ1) is 9.12. The molecule has 0 aromatic heterocycles. The molecule has 2 fully saturated rings. The number of ether oxygens (including phenoxy) is 1. The third-order valence-corrected chi connectivity index (χ3v) is 4.34. The van der Waals surface area contributed by atoms with Gasteiger partial charge in [-0.15, -0.1) is 0 Å². The largest absolute Gasteiger partial charge is 0.374 e. The molecule has 0 bridgehead atoms. The summed E-state index contributed by atoms with van der Waals surface area (Å²) in [5.41, 5.74) is -0.101. The van der Waals surface area contributed by atoms with Crippen molar-refractivity contribution in [1.82, 2.24) is 10.6 Å². The molecule has 4 heteroatoms. The monoisotopic (exact) mass is 268 g/mol. The van der Waals surface area contributed by atoms with Crippen molar-refractivity contribution in [3.8, 4) is 0 Å². The van der Waals surface area contributed by atoms with Crippen molar-refractivity contribution in [1.29, 1.82) is 0 Å². The Balaban J connectivity index is 1.85. The van der Waals surface area contributed by atoms with E-state index in [1.165, 1.54) is 12.8 Å². The van der Waals surface area contributed by atoms with E-state index in [0.29, 0.717) is 12.5 Å². The van der Waals surface area contributed by atoms with Crippen LogP contribution < -0.4 is 10.6 Å². The lowest BCUT2D eigenvalue weighted by Crippen LogP contribution is -2.48. The average molecular weight is 268 g/mol. The molecule has 110 valence electrons. The van der Waals surface area contributed by atoms with E-state index < -0.39 is 0 Å². The number of hydrogen-bond donors (Lipinski definition) is 2. The molecule has 2 rings (SSSR count). The van der Waals surface area contributed by atoms with Gasteiger partial charge in [-0.2, -0.15) is 0 Å². The van der Waals surface area contributed by atoms with E-state index in [1.54, 1.807) is 0 Å². The molecular formula is C15H28N2O2. The number of morpholine rings is 1. The molecule has 1 atom stereocenters. The van der Waals surface area contributed by atoms with Gasteiger partial charge < -0.3 is 15.4 Å². The summed E-state index contributed by atoms with van der Waals surface area (Å²) in [5, 5.41) is 6.43. The van der Waals surface area contributed by atoms with E-state index in [9.17, 15) is 4.79 Å². The molecule has 1 aliphatic carbocycles. The highest BCUT2D eigenvalue weighted by Gasteiger charge is 2.41. The summed E-state index contributed by atoms with van der Waals surface area (Å²) in [6.45, 7) is 7.57. The van der Waals surface area contributed by atoms with Gasteiger partial charge in [0, 0.05) is 25.0 Å². The molecule has 1 amide bonds. The van der Waals surface area contributed by atoms with Crippen molar-refractivity contribution in [3.63, 3.8) is 0 Å². The average Bonchev–Trinajstić information content (AvgIpc) is 2.86. The fourth-order valence-electron chi connectivity index (χ4n) is 3.50. The van der Waals surface area contributed by atoms with Crippen LogP contribution in [0.15, 0.2) is 0 Å². The molecule has 0 radical (unpaired) electrons. The predicted molar refractivity (Wildman–Crippen MR) is 76.0 cm³/mol. The first kappa shape index (κ1) is 14.8. The summed E-state index contributed by atoms with van der Waals surface area (Å²) in [6.07, 6.45) is 5.66. The number of hydrogen-bond acceptors (Lipinski definition) is 3. The molecule has 1 aliphatic heterocycles. The summed E-state index contributed by atoms with van der Waals surface area (Å²) >= 11 is 0. The maximum Gasteiger partial charge on any atom is 0.226 e. The summed E-state index contributed by atoms with van der Waals surface area (Å²) in [5.74, 6) is 0.837. The third kappa shape index (κ3) is 3.93. The minimum Gasteiger partial charge on any atom is -0.374 e. The van der Waals surface area contributed by atoms with Crippen molar-refractivity contribution < 1.29 is 9.53 Å². The van der Waals surface area contributed by atoms with Crippen molar-refractivity contribution >= 4 is 5.91 Å². The topological polar surface area (TPSA) is 50.4 Å². The van der Waals surface area contributed by atoms with E-state index in [0.717, 1.165) is 39.0 Å². The Morgan fingerprint density at radius 2 is 2.16 bits per heavy atom. The van der Waals surface area contributed by atoms with Gasteiger partial charge in [0.05, 0.1) is 12.7 Å². The van der Waals surface area contributed by atoms with Gasteiger partial charge in [0.15, 0.2) is 0 Å². The van der Waals surface area contributed by atoms with E-state index in [4.69, 9.17) is 4.74 Å². The van der Waals surface area contributed by atoms with Crippen LogP contribution in [0.25, 0.3) is 0 Å². The Morgan fingerprint density at radius 1 is 1.42 bits per heavy atom. The molecule has 19 heavy (non-hydrogen) atoms. The lowest BCUT2D eigenvalue weighted by molar-refractivity contribution is -0.132. The second-order valence-electron chi connectivity index (χ2n) is 6.49. The van der Waals surface area contributed by atoms with Crippen LogP contribution >= 0.6 is 0 Å². The zero-order chi connectivity index (χ0) is 13.7. The first-order valence-corrected chi connectivity index (χ1v) is 7.73. The van der Waals surface area contributed by atoms with E-state index in [2.05, 4.69) is 24.5 Å². The predicted octanol–water partition coefficient (Wildman–Crippen LogP) is 1.70. The molecule has 0 aromatic rings. The van der Waals surface area contributed by atoms with Gasteiger partial charge in [-0.3, -0.25) is 4.79 Å². The van der Waals surface area contributed by atoms with Crippen LogP contribution in [0.2, 0.25) is 0 Å². The molecule has 1 heterocycles. The van der Waals surface area contributed by atoms with Crippen LogP contribution in [0.3, 0.4) is 0 Å². The van der Waals surface area contributed by atoms with Gasteiger partial charge in [0.2, 0.25) is 5.91 Å². The molecule has 0 aromatic carbocycles. The van der Waals surface area contributed by atoms with E-state index >= 15 is 0 Å². The minimum absolute atomic E-state index is 0.101. The van der Waals surface area contributed by atoms with Crippen molar-refractivity contribution in [2.45, 2.75) is 52.1 Å². The maximum atomic E-state index is 12.6. The fraction of sp³-hybridized carbons (Fsp3) is 0.933. The molecule has 1 saturated carbocycles. The lowest BCUT2D eigenvalue weighted by Gasteiger charge is -2.31. The van der Waals surface area contributed by atoms with Crippen LogP contribution in [0.5, 0.6) is 0 Å². The number of rotatable bonds is 5. The second-order valence-corrected chi connectivity index (χ2v) is 6.49. The number of carbonyl (C=O) groups is 1. The number of nitrogens with one attached hydrogen (secondary N) is 2. The molecule has 2 N–H and O–H groups in total. The van der Waals surface area contributed by atoms with Gasteiger partial charge in [0.1, 0.15) is 0 Å². The first-order valence-electron chi connectivity index (χ1n) is 7.73. The highest BCUT2D eigenvalue weighted by atomic mass is 16.5. The summed E-state index contributed by atoms with van der Waals surface area (Å²) in [4.78, 5) is 12.6. The Morgan fingerprint density at radius 3 is 2.74 bits per heavy atom. The van der Waals surface area contributed by atoms with Gasteiger partial charge >= 0.3 is 0 Å². The Hall–Kier alpha value is -0.610. The number of carbonyl (C=O) groups excluding carboxylic acids is 1. The quantitative estimate of drug-likeness (QED) is 0.798. The van der Waals surface area contributed by atoms with Crippen LogP contribution in [-0.4, -0.2) is 38.3 Å². The highest BCUT2D eigenvalue weighted by molar-refractivity contribution is 5.82. The SMILES string of the molecule is CC(C)CC1(C(=O)NCC2CNCCO2)CCCC1. The van der Waals surface area contributed by atoms with Crippen LogP contribution in [-0.2, 0) is 9.53 Å². The molecule has 0 spiro atoms. The van der Waals surface area contributed by atoms with Gasteiger partial charge in [-0.25, -0.2) is 0 Å². The maximum absolute atomic E-state index is 12.6. The van der Waals surface area contributed by atoms with Crippen LogP contribution in [0, 0.1) is 11.3 Å². The highest BCUT2D eigenvalue weighted by Crippen LogP contribution is 2.43. The molecule has 4 nitrogen and oxygen atoms in total. The van der Waals surface area contributed by atoms with E-state index in [-0.39, 0.29) is 17.4 Å². The fourth-order valence-corrected chi connectivity index (χ4v) is 3.50. The second kappa shape index (κ2) is 6.71. The Kier molecular flexibility index (Phi) is 5.22. The Bertz CT molecular complexity index is 293. The van der Waals surface area contributed by atoms with Crippen LogP contribution in [0.1, 0.15) is 46.0 Å². The van der Waals surface area contributed by atoms with Crippen molar-refractivity contribution in [2.24, 2.45) is 11.3 Å². The molecule has 1 saturated heterocycles. The zero-order valence-corrected chi connectivity index (χ0v) is 12.3.